The van der Waals surface area contributed by atoms with Crippen LogP contribution in [0.3, 0.4) is 0 Å². The Balaban J connectivity index is 1.74. The number of rotatable bonds is 3. The van der Waals surface area contributed by atoms with Crippen LogP contribution in [-0.2, 0) is 6.42 Å². The van der Waals surface area contributed by atoms with Crippen LogP contribution in [0.15, 0.2) is 36.4 Å². The van der Waals surface area contributed by atoms with E-state index < -0.39 is 0 Å². The quantitative estimate of drug-likeness (QED) is 0.935. The van der Waals surface area contributed by atoms with Gasteiger partial charge in [-0.15, -0.1) is 0 Å². The van der Waals surface area contributed by atoms with Crippen molar-refractivity contribution in [2.45, 2.75) is 25.8 Å². The number of carbonyl (C=O) groups excluding carboxylic acids is 1. The SMILES string of the molecule is CC(NC(=O)c1ccc(Cl)cc1)c1ccc2c(n1)CCCN2C. The van der Waals surface area contributed by atoms with Crippen molar-refractivity contribution in [1.82, 2.24) is 10.3 Å². The molecule has 4 nitrogen and oxygen atoms in total. The molecule has 0 saturated carbocycles. The van der Waals surface area contributed by atoms with Gasteiger partial charge in [-0.05, 0) is 56.2 Å². The van der Waals surface area contributed by atoms with Crippen molar-refractivity contribution in [1.29, 1.82) is 0 Å². The van der Waals surface area contributed by atoms with E-state index in [-0.39, 0.29) is 11.9 Å². The normalized spacial score (nSPS) is 15.0. The molecule has 1 aromatic carbocycles. The van der Waals surface area contributed by atoms with Gasteiger partial charge in [0.05, 0.1) is 23.1 Å². The molecule has 1 aliphatic rings. The van der Waals surface area contributed by atoms with Crippen molar-refractivity contribution in [2.75, 3.05) is 18.5 Å². The highest BCUT2D eigenvalue weighted by molar-refractivity contribution is 6.30. The van der Waals surface area contributed by atoms with Gasteiger partial charge in [0.2, 0.25) is 0 Å². The van der Waals surface area contributed by atoms with E-state index in [1.165, 1.54) is 5.69 Å². The van der Waals surface area contributed by atoms with Gasteiger partial charge in [0, 0.05) is 24.2 Å². The molecule has 1 N–H and O–H groups in total. The molecule has 1 aliphatic heterocycles. The Morgan fingerprint density at radius 2 is 2.00 bits per heavy atom. The Bertz CT molecular complexity index is 715. The lowest BCUT2D eigenvalue weighted by Gasteiger charge is -2.27. The van der Waals surface area contributed by atoms with Crippen LogP contribution in [-0.4, -0.2) is 24.5 Å². The summed E-state index contributed by atoms with van der Waals surface area (Å²) in [6.07, 6.45) is 2.11. The van der Waals surface area contributed by atoms with Gasteiger partial charge in [-0.2, -0.15) is 0 Å². The number of aromatic nitrogens is 1. The maximum absolute atomic E-state index is 12.3. The van der Waals surface area contributed by atoms with Gasteiger partial charge in [-0.25, -0.2) is 0 Å². The smallest absolute Gasteiger partial charge is 0.251 e. The van der Waals surface area contributed by atoms with Crippen LogP contribution in [0.2, 0.25) is 5.02 Å². The molecule has 2 heterocycles. The Labute approximate surface area is 141 Å². The molecule has 3 rings (SSSR count). The first-order valence-corrected chi connectivity index (χ1v) is 8.20. The van der Waals surface area contributed by atoms with Crippen LogP contribution >= 0.6 is 11.6 Å². The third-order valence-corrected chi connectivity index (χ3v) is 4.44. The number of aryl methyl sites for hydroxylation is 1. The molecule has 0 fully saturated rings. The predicted octanol–water partition coefficient (Wildman–Crippen LogP) is 3.61. The molecule has 2 aromatic rings. The minimum Gasteiger partial charge on any atom is -0.373 e. The number of nitrogens with zero attached hydrogens (tertiary/aromatic N) is 2. The van der Waals surface area contributed by atoms with Crippen molar-refractivity contribution in [3.63, 3.8) is 0 Å². The van der Waals surface area contributed by atoms with Crippen LogP contribution < -0.4 is 10.2 Å². The fraction of sp³-hybridized carbons (Fsp3) is 0.333. The van der Waals surface area contributed by atoms with E-state index in [9.17, 15) is 4.79 Å². The monoisotopic (exact) mass is 329 g/mol. The number of fused-ring (bicyclic) bond motifs is 1. The molecule has 1 unspecified atom stereocenters. The highest BCUT2D eigenvalue weighted by Crippen LogP contribution is 2.26. The molecular formula is C18H20ClN3O. The zero-order valence-corrected chi connectivity index (χ0v) is 14.1. The lowest BCUT2D eigenvalue weighted by Crippen LogP contribution is -2.29. The molecule has 120 valence electrons. The van der Waals surface area contributed by atoms with E-state index in [0.717, 1.165) is 30.8 Å². The summed E-state index contributed by atoms with van der Waals surface area (Å²) >= 11 is 5.85. The van der Waals surface area contributed by atoms with Gasteiger partial charge in [0.25, 0.3) is 5.91 Å². The number of hydrogen-bond donors (Lipinski definition) is 1. The van der Waals surface area contributed by atoms with Crippen LogP contribution in [0.5, 0.6) is 0 Å². The number of pyridine rings is 1. The second kappa shape index (κ2) is 6.59. The van der Waals surface area contributed by atoms with E-state index in [2.05, 4.69) is 23.3 Å². The molecule has 0 aliphatic carbocycles. The molecule has 1 amide bonds. The Kier molecular flexibility index (Phi) is 4.53. The first-order valence-electron chi connectivity index (χ1n) is 7.82. The van der Waals surface area contributed by atoms with E-state index in [0.29, 0.717) is 10.6 Å². The Morgan fingerprint density at radius 1 is 1.26 bits per heavy atom. The van der Waals surface area contributed by atoms with Crippen LogP contribution in [0.4, 0.5) is 5.69 Å². The summed E-state index contributed by atoms with van der Waals surface area (Å²) in [4.78, 5) is 19.3. The second-order valence-corrected chi connectivity index (χ2v) is 6.37. The lowest BCUT2D eigenvalue weighted by molar-refractivity contribution is 0.0939. The van der Waals surface area contributed by atoms with E-state index in [1.807, 2.05) is 13.0 Å². The Morgan fingerprint density at radius 3 is 2.74 bits per heavy atom. The van der Waals surface area contributed by atoms with Gasteiger partial charge < -0.3 is 10.2 Å². The second-order valence-electron chi connectivity index (χ2n) is 5.93. The average Bonchev–Trinajstić information content (AvgIpc) is 2.55. The van der Waals surface area contributed by atoms with Crippen molar-refractivity contribution in [3.8, 4) is 0 Å². The highest BCUT2D eigenvalue weighted by atomic mass is 35.5. The minimum atomic E-state index is -0.143. The van der Waals surface area contributed by atoms with Gasteiger partial charge >= 0.3 is 0 Å². The zero-order valence-electron chi connectivity index (χ0n) is 13.3. The minimum absolute atomic E-state index is 0.120. The van der Waals surface area contributed by atoms with Gasteiger partial charge in [0.1, 0.15) is 0 Å². The topological polar surface area (TPSA) is 45.2 Å². The maximum Gasteiger partial charge on any atom is 0.251 e. The number of carbonyl (C=O) groups is 1. The van der Waals surface area contributed by atoms with Crippen LogP contribution in [0.25, 0.3) is 0 Å². The van der Waals surface area contributed by atoms with E-state index >= 15 is 0 Å². The summed E-state index contributed by atoms with van der Waals surface area (Å²) in [5.41, 5.74) is 3.79. The first-order chi connectivity index (χ1) is 11.0. The summed E-state index contributed by atoms with van der Waals surface area (Å²) in [7, 11) is 2.09. The molecule has 0 spiro atoms. The first kappa shape index (κ1) is 15.8. The summed E-state index contributed by atoms with van der Waals surface area (Å²) in [5, 5.41) is 3.61. The standard InChI is InChI=1S/C18H20ClN3O/c1-12(20-18(23)13-5-7-14(19)8-6-13)15-9-10-17-16(21-15)4-3-11-22(17)2/h5-10,12H,3-4,11H2,1-2H3,(H,20,23). The van der Waals surface area contributed by atoms with Gasteiger partial charge in [-0.1, -0.05) is 11.6 Å². The predicted molar refractivity (Wildman–Crippen MR) is 93.2 cm³/mol. The van der Waals surface area contributed by atoms with E-state index in [4.69, 9.17) is 16.6 Å². The largest absolute Gasteiger partial charge is 0.373 e. The lowest BCUT2D eigenvalue weighted by atomic mass is 10.1. The number of nitrogens with one attached hydrogen (secondary N) is 1. The third-order valence-electron chi connectivity index (χ3n) is 4.19. The highest BCUT2D eigenvalue weighted by Gasteiger charge is 2.18. The van der Waals surface area contributed by atoms with Gasteiger partial charge in [-0.3, -0.25) is 9.78 Å². The number of halogens is 1. The molecule has 0 radical (unpaired) electrons. The van der Waals surface area contributed by atoms with E-state index in [1.54, 1.807) is 24.3 Å². The molecule has 1 aromatic heterocycles. The van der Waals surface area contributed by atoms with Crippen molar-refractivity contribution < 1.29 is 4.79 Å². The molecule has 1 atom stereocenters. The molecule has 0 bridgehead atoms. The van der Waals surface area contributed by atoms with Crippen LogP contribution in [0.1, 0.15) is 41.1 Å². The number of hydrogen-bond acceptors (Lipinski definition) is 3. The number of anilines is 1. The zero-order chi connectivity index (χ0) is 16.4. The van der Waals surface area contributed by atoms with Crippen LogP contribution in [0, 0.1) is 0 Å². The molecular weight excluding hydrogens is 310 g/mol. The molecule has 0 saturated heterocycles. The summed E-state index contributed by atoms with van der Waals surface area (Å²) in [5.74, 6) is -0.120. The summed E-state index contributed by atoms with van der Waals surface area (Å²) in [6.45, 7) is 3.02. The number of amides is 1. The fourth-order valence-electron chi connectivity index (χ4n) is 2.84. The maximum atomic E-state index is 12.3. The Hall–Kier alpha value is -2.07. The molecule has 23 heavy (non-hydrogen) atoms. The summed E-state index contributed by atoms with van der Waals surface area (Å²) in [6, 6.07) is 10.8. The fourth-order valence-corrected chi connectivity index (χ4v) is 2.97. The third kappa shape index (κ3) is 3.48. The summed E-state index contributed by atoms with van der Waals surface area (Å²) < 4.78 is 0. The molecule has 5 heteroatoms. The number of benzene rings is 1. The van der Waals surface area contributed by atoms with Crippen molar-refractivity contribution >= 4 is 23.2 Å². The average molecular weight is 330 g/mol. The van der Waals surface area contributed by atoms with Crippen molar-refractivity contribution in [3.05, 3.63) is 58.4 Å². The van der Waals surface area contributed by atoms with Crippen molar-refractivity contribution in [2.24, 2.45) is 0 Å². The van der Waals surface area contributed by atoms with Gasteiger partial charge in [0.15, 0.2) is 0 Å².